The third-order valence-corrected chi connectivity index (χ3v) is 3.81. The summed E-state index contributed by atoms with van der Waals surface area (Å²) in [5, 5.41) is 8.03. The average molecular weight is 221 g/mol. The highest BCUT2D eigenvalue weighted by Gasteiger charge is 2.29. The van der Waals surface area contributed by atoms with Crippen LogP contribution < -0.4 is 5.32 Å². The molecule has 3 heteroatoms. The predicted octanol–water partition coefficient (Wildman–Crippen LogP) is 2.27. The van der Waals surface area contributed by atoms with Gasteiger partial charge in [-0.3, -0.25) is 4.68 Å². The molecule has 0 saturated carbocycles. The highest BCUT2D eigenvalue weighted by molar-refractivity contribution is 5.10. The summed E-state index contributed by atoms with van der Waals surface area (Å²) in [4.78, 5) is 0. The Balaban J connectivity index is 2.08. The fourth-order valence-electron chi connectivity index (χ4n) is 2.74. The maximum atomic E-state index is 4.26. The molecule has 1 atom stereocenters. The Bertz CT molecular complexity index is 322. The van der Waals surface area contributed by atoms with E-state index >= 15 is 0 Å². The van der Waals surface area contributed by atoms with Crippen LogP contribution in [0.1, 0.15) is 44.6 Å². The second-order valence-corrected chi connectivity index (χ2v) is 5.07. The zero-order valence-electron chi connectivity index (χ0n) is 10.5. The number of aromatic nitrogens is 2. The molecule has 2 heterocycles. The van der Waals surface area contributed by atoms with Gasteiger partial charge in [-0.2, -0.15) is 5.10 Å². The summed E-state index contributed by atoms with van der Waals surface area (Å²) < 4.78 is 1.90. The van der Waals surface area contributed by atoms with Gasteiger partial charge in [-0.05, 0) is 37.8 Å². The van der Waals surface area contributed by atoms with Crippen LogP contribution in [0.4, 0.5) is 0 Å². The summed E-state index contributed by atoms with van der Waals surface area (Å²) in [6.45, 7) is 3.47. The molecule has 0 aromatic carbocycles. The van der Waals surface area contributed by atoms with Gasteiger partial charge in [-0.15, -0.1) is 0 Å². The van der Waals surface area contributed by atoms with Crippen LogP contribution in [0.3, 0.4) is 0 Å². The van der Waals surface area contributed by atoms with E-state index < -0.39 is 0 Å². The van der Waals surface area contributed by atoms with E-state index in [1.165, 1.54) is 44.2 Å². The standard InChI is InChI=1S/C13H23N3/c1-3-13(7-5-4-6-8-14-13)9-12-10-15-16(2)11-12/h10-11,14H,3-9H2,1-2H3. The van der Waals surface area contributed by atoms with E-state index in [4.69, 9.17) is 0 Å². The van der Waals surface area contributed by atoms with E-state index in [2.05, 4.69) is 23.5 Å². The lowest BCUT2D eigenvalue weighted by molar-refractivity contribution is 0.302. The van der Waals surface area contributed by atoms with Crippen molar-refractivity contribution in [2.24, 2.45) is 7.05 Å². The summed E-state index contributed by atoms with van der Waals surface area (Å²) >= 11 is 0. The first-order chi connectivity index (χ1) is 7.74. The summed E-state index contributed by atoms with van der Waals surface area (Å²) in [6.07, 6.45) is 11.9. The molecule has 90 valence electrons. The highest BCUT2D eigenvalue weighted by atomic mass is 15.2. The normalized spacial score (nSPS) is 26.6. The maximum absolute atomic E-state index is 4.26. The molecule has 3 nitrogen and oxygen atoms in total. The van der Waals surface area contributed by atoms with Gasteiger partial charge < -0.3 is 5.32 Å². The Labute approximate surface area is 98.2 Å². The second-order valence-electron chi connectivity index (χ2n) is 5.07. The fraction of sp³-hybridized carbons (Fsp3) is 0.769. The van der Waals surface area contributed by atoms with Crippen molar-refractivity contribution in [1.82, 2.24) is 15.1 Å². The molecule has 0 bridgehead atoms. The lowest BCUT2D eigenvalue weighted by atomic mass is 9.85. The van der Waals surface area contributed by atoms with Crippen LogP contribution in [0.2, 0.25) is 0 Å². The van der Waals surface area contributed by atoms with Crippen molar-refractivity contribution in [2.75, 3.05) is 6.54 Å². The molecule has 0 radical (unpaired) electrons. The lowest BCUT2D eigenvalue weighted by Crippen LogP contribution is -2.45. The molecule has 1 saturated heterocycles. The van der Waals surface area contributed by atoms with Crippen molar-refractivity contribution < 1.29 is 0 Å². The van der Waals surface area contributed by atoms with Gasteiger partial charge in [-0.25, -0.2) is 0 Å². The largest absolute Gasteiger partial charge is 0.311 e. The number of rotatable bonds is 3. The Morgan fingerprint density at radius 3 is 3.00 bits per heavy atom. The smallest absolute Gasteiger partial charge is 0.0522 e. The van der Waals surface area contributed by atoms with Crippen molar-refractivity contribution in [3.63, 3.8) is 0 Å². The third kappa shape index (κ3) is 2.64. The zero-order valence-corrected chi connectivity index (χ0v) is 10.5. The van der Waals surface area contributed by atoms with Gasteiger partial charge in [0.2, 0.25) is 0 Å². The van der Waals surface area contributed by atoms with Gasteiger partial charge in [0, 0.05) is 18.8 Å². The van der Waals surface area contributed by atoms with E-state index in [0.717, 1.165) is 6.42 Å². The molecule has 0 amide bonds. The molecule has 1 aliphatic heterocycles. The van der Waals surface area contributed by atoms with Crippen molar-refractivity contribution >= 4 is 0 Å². The van der Waals surface area contributed by atoms with Crippen LogP contribution in [0.25, 0.3) is 0 Å². The molecule has 1 aromatic rings. The minimum absolute atomic E-state index is 0.319. The van der Waals surface area contributed by atoms with Crippen LogP contribution in [-0.4, -0.2) is 21.9 Å². The van der Waals surface area contributed by atoms with E-state index in [0.29, 0.717) is 5.54 Å². The second kappa shape index (κ2) is 5.00. The molecule has 0 aliphatic carbocycles. The number of nitrogens with zero attached hydrogens (tertiary/aromatic N) is 2. The Kier molecular flexibility index (Phi) is 3.64. The van der Waals surface area contributed by atoms with Crippen molar-refractivity contribution in [3.8, 4) is 0 Å². The van der Waals surface area contributed by atoms with Crippen molar-refractivity contribution in [2.45, 2.75) is 51.0 Å². The SMILES string of the molecule is CCC1(Cc2cnn(C)c2)CCCCCN1. The first-order valence-corrected chi connectivity index (χ1v) is 6.47. The minimum atomic E-state index is 0.319. The highest BCUT2D eigenvalue weighted by Crippen LogP contribution is 2.26. The predicted molar refractivity (Wildman–Crippen MR) is 66.4 cm³/mol. The Morgan fingerprint density at radius 2 is 2.31 bits per heavy atom. The fourth-order valence-corrected chi connectivity index (χ4v) is 2.74. The molecule has 1 unspecified atom stereocenters. The maximum Gasteiger partial charge on any atom is 0.0522 e. The topological polar surface area (TPSA) is 29.9 Å². The van der Waals surface area contributed by atoms with Crippen molar-refractivity contribution in [3.05, 3.63) is 18.0 Å². The number of hydrogen-bond acceptors (Lipinski definition) is 2. The van der Waals surface area contributed by atoms with Gasteiger partial charge >= 0.3 is 0 Å². The quantitative estimate of drug-likeness (QED) is 0.848. The molecule has 1 aliphatic rings. The Hall–Kier alpha value is -0.830. The molecular weight excluding hydrogens is 198 g/mol. The summed E-state index contributed by atoms with van der Waals surface area (Å²) in [5.41, 5.74) is 1.68. The zero-order chi connectivity index (χ0) is 11.4. The third-order valence-electron chi connectivity index (χ3n) is 3.81. The molecule has 1 aromatic heterocycles. The van der Waals surface area contributed by atoms with Crippen LogP contribution in [0.15, 0.2) is 12.4 Å². The number of aryl methyl sites for hydroxylation is 1. The lowest BCUT2D eigenvalue weighted by Gasteiger charge is -2.32. The van der Waals surface area contributed by atoms with E-state index in [-0.39, 0.29) is 0 Å². The summed E-state index contributed by atoms with van der Waals surface area (Å²) in [6, 6.07) is 0. The first-order valence-electron chi connectivity index (χ1n) is 6.47. The number of hydrogen-bond donors (Lipinski definition) is 1. The van der Waals surface area contributed by atoms with Gasteiger partial charge in [0.05, 0.1) is 6.20 Å². The first kappa shape index (κ1) is 11.6. The molecular formula is C13H23N3. The van der Waals surface area contributed by atoms with Crippen molar-refractivity contribution in [1.29, 1.82) is 0 Å². The van der Waals surface area contributed by atoms with Crippen LogP contribution in [-0.2, 0) is 13.5 Å². The Morgan fingerprint density at radius 1 is 1.44 bits per heavy atom. The van der Waals surface area contributed by atoms with Gasteiger partial charge in [0.25, 0.3) is 0 Å². The van der Waals surface area contributed by atoms with E-state index in [1.807, 2.05) is 17.9 Å². The van der Waals surface area contributed by atoms with Crippen LogP contribution in [0, 0.1) is 0 Å². The molecule has 2 rings (SSSR count). The number of nitrogens with one attached hydrogen (secondary N) is 1. The van der Waals surface area contributed by atoms with Gasteiger partial charge in [0.1, 0.15) is 0 Å². The average Bonchev–Trinajstić information content (AvgIpc) is 2.54. The molecule has 16 heavy (non-hydrogen) atoms. The summed E-state index contributed by atoms with van der Waals surface area (Å²) in [5.74, 6) is 0. The summed E-state index contributed by atoms with van der Waals surface area (Å²) in [7, 11) is 1.99. The van der Waals surface area contributed by atoms with Crippen LogP contribution in [0.5, 0.6) is 0 Å². The molecule has 1 N–H and O–H groups in total. The minimum Gasteiger partial charge on any atom is -0.311 e. The van der Waals surface area contributed by atoms with Gasteiger partial charge in [-0.1, -0.05) is 19.8 Å². The molecule has 1 fully saturated rings. The van der Waals surface area contributed by atoms with E-state index in [9.17, 15) is 0 Å². The van der Waals surface area contributed by atoms with Crippen LogP contribution >= 0.6 is 0 Å². The van der Waals surface area contributed by atoms with E-state index in [1.54, 1.807) is 0 Å². The monoisotopic (exact) mass is 221 g/mol. The molecule has 0 spiro atoms. The van der Waals surface area contributed by atoms with Gasteiger partial charge in [0.15, 0.2) is 0 Å².